The third-order valence-electron chi connectivity index (χ3n) is 4.09. The number of halogens is 4. The number of methoxy groups -OCH3 is 1. The molecule has 0 saturated heterocycles. The Labute approximate surface area is 184 Å². The molecule has 0 fully saturated rings. The van der Waals surface area contributed by atoms with Crippen molar-refractivity contribution >= 4 is 35.3 Å². The number of carbonyl (C=O) groups is 1. The van der Waals surface area contributed by atoms with E-state index < -0.39 is 23.4 Å². The van der Waals surface area contributed by atoms with Crippen LogP contribution in [0.15, 0.2) is 39.6 Å². The number of nitrogen functional groups attached to an aromatic ring is 1. The lowest BCUT2D eigenvalue weighted by Gasteiger charge is -2.21. The maximum Gasteiger partial charge on any atom is 0.312 e. The highest BCUT2D eigenvalue weighted by Gasteiger charge is 2.21. The van der Waals surface area contributed by atoms with Crippen LogP contribution in [0.2, 0.25) is 5.02 Å². The van der Waals surface area contributed by atoms with Crippen molar-refractivity contribution in [2.75, 3.05) is 18.6 Å². The lowest BCUT2D eigenvalue weighted by molar-refractivity contribution is -0.129. The molecule has 1 heterocycles. The average molecular weight is 473 g/mol. The number of carbonyl (C=O) groups excluding carboxylic acids is 1. The number of rotatable bonds is 8. The van der Waals surface area contributed by atoms with Gasteiger partial charge in [-0.15, -0.1) is 16.9 Å². The van der Waals surface area contributed by atoms with Crippen LogP contribution in [0.5, 0.6) is 5.75 Å². The van der Waals surface area contributed by atoms with Gasteiger partial charge in [0.05, 0.1) is 24.4 Å². The van der Waals surface area contributed by atoms with E-state index in [0.29, 0.717) is 11.8 Å². The first-order chi connectivity index (χ1) is 14.8. The van der Waals surface area contributed by atoms with Gasteiger partial charge in [0.1, 0.15) is 23.2 Å². The summed E-state index contributed by atoms with van der Waals surface area (Å²) in [4.78, 5) is 14.2. The van der Waals surface area contributed by atoms with Crippen LogP contribution in [-0.4, -0.2) is 33.9 Å². The van der Waals surface area contributed by atoms with Gasteiger partial charge in [-0.3, -0.25) is 4.79 Å². The Kier molecular flexibility index (Phi) is 7.29. The van der Waals surface area contributed by atoms with Gasteiger partial charge in [-0.05, 0) is 12.1 Å². The molecule has 7 nitrogen and oxygen atoms in total. The summed E-state index contributed by atoms with van der Waals surface area (Å²) in [5.41, 5.74) is 5.62. The van der Waals surface area contributed by atoms with Gasteiger partial charge in [0.25, 0.3) is 0 Å². The van der Waals surface area contributed by atoms with E-state index in [2.05, 4.69) is 10.2 Å². The van der Waals surface area contributed by atoms with Crippen molar-refractivity contribution < 1.29 is 27.1 Å². The highest BCUT2D eigenvalue weighted by Crippen LogP contribution is 2.31. The molecule has 3 rings (SSSR count). The van der Waals surface area contributed by atoms with E-state index in [9.17, 15) is 18.0 Å². The fraction of sp³-hybridized carbons (Fsp3) is 0.211. The van der Waals surface area contributed by atoms with Crippen molar-refractivity contribution in [3.05, 3.63) is 64.3 Å². The molecule has 0 radical (unpaired) electrons. The first-order valence-corrected chi connectivity index (χ1v) is 10.1. The van der Waals surface area contributed by atoms with Crippen LogP contribution >= 0.6 is 23.4 Å². The first kappa shape index (κ1) is 22.8. The molecule has 0 aliphatic carbocycles. The van der Waals surface area contributed by atoms with Crippen LogP contribution in [0.4, 0.5) is 19.2 Å². The minimum atomic E-state index is -0.935. The summed E-state index contributed by atoms with van der Waals surface area (Å²) >= 11 is 6.68. The van der Waals surface area contributed by atoms with Crippen molar-refractivity contribution in [2.24, 2.45) is 0 Å². The standard InChI is InChI=1S/C19H16ClF3N4O3S/c1-29-12-3-2-10(13(22)6-12)7-27(8-16-25-26-19(24)30-16)17(28)9-31-15-5-11(21)4-14(23)18(15)20/h2-6H,7-9H2,1H3,(H2,24,26). The largest absolute Gasteiger partial charge is 0.497 e. The number of amides is 1. The number of hydrogen-bond donors (Lipinski definition) is 1. The third kappa shape index (κ3) is 5.82. The van der Waals surface area contributed by atoms with Crippen LogP contribution in [0.3, 0.4) is 0 Å². The molecule has 12 heteroatoms. The molecule has 1 amide bonds. The van der Waals surface area contributed by atoms with E-state index >= 15 is 0 Å². The molecule has 0 unspecified atom stereocenters. The van der Waals surface area contributed by atoms with Crippen LogP contribution in [-0.2, 0) is 17.9 Å². The maximum atomic E-state index is 14.4. The van der Waals surface area contributed by atoms with Crippen molar-refractivity contribution in [1.29, 1.82) is 0 Å². The van der Waals surface area contributed by atoms with Gasteiger partial charge in [0.2, 0.25) is 11.8 Å². The minimum absolute atomic E-state index is 0.0413. The van der Waals surface area contributed by atoms with E-state index in [0.717, 1.165) is 17.8 Å². The van der Waals surface area contributed by atoms with Gasteiger partial charge in [0.15, 0.2) is 0 Å². The van der Waals surface area contributed by atoms with Crippen LogP contribution < -0.4 is 10.5 Å². The van der Waals surface area contributed by atoms with Crippen molar-refractivity contribution in [1.82, 2.24) is 15.1 Å². The Morgan fingerprint density at radius 2 is 1.97 bits per heavy atom. The topological polar surface area (TPSA) is 94.5 Å². The SMILES string of the molecule is COc1ccc(CN(Cc2nnc(N)o2)C(=O)CSc2cc(F)cc(F)c2Cl)c(F)c1. The second-order valence-corrected chi connectivity index (χ2v) is 7.62. The molecular formula is C19H16ClF3N4O3S. The van der Waals surface area contributed by atoms with Crippen molar-refractivity contribution in [3.8, 4) is 5.75 Å². The second-order valence-electron chi connectivity index (χ2n) is 6.23. The van der Waals surface area contributed by atoms with Gasteiger partial charge in [-0.2, -0.15) is 0 Å². The number of hydrogen-bond acceptors (Lipinski definition) is 7. The van der Waals surface area contributed by atoms with E-state index in [-0.39, 0.29) is 46.2 Å². The fourth-order valence-corrected chi connectivity index (χ4v) is 3.74. The summed E-state index contributed by atoms with van der Waals surface area (Å²) in [5.74, 6) is -2.70. The Morgan fingerprint density at radius 3 is 2.61 bits per heavy atom. The summed E-state index contributed by atoms with van der Waals surface area (Å²) in [5, 5.41) is 6.94. The van der Waals surface area contributed by atoms with E-state index in [1.54, 1.807) is 6.07 Å². The molecule has 0 bridgehead atoms. The molecule has 0 spiro atoms. The van der Waals surface area contributed by atoms with E-state index in [1.165, 1.54) is 24.1 Å². The van der Waals surface area contributed by atoms with E-state index in [4.69, 9.17) is 26.5 Å². The summed E-state index contributed by atoms with van der Waals surface area (Å²) in [6.07, 6.45) is 0. The number of thioether (sulfide) groups is 1. The van der Waals surface area contributed by atoms with Crippen LogP contribution in [0.1, 0.15) is 11.5 Å². The fourth-order valence-electron chi connectivity index (χ4n) is 2.58. The summed E-state index contributed by atoms with van der Waals surface area (Å²) < 4.78 is 51.6. The number of benzene rings is 2. The summed E-state index contributed by atoms with van der Waals surface area (Å²) in [6.45, 7) is -0.289. The molecule has 2 aromatic carbocycles. The molecule has 0 saturated carbocycles. The first-order valence-electron chi connectivity index (χ1n) is 8.72. The third-order valence-corrected chi connectivity index (χ3v) is 5.61. The summed E-state index contributed by atoms with van der Waals surface area (Å²) in [7, 11) is 1.40. The Morgan fingerprint density at radius 1 is 1.19 bits per heavy atom. The van der Waals surface area contributed by atoms with E-state index in [1.807, 2.05) is 0 Å². The van der Waals surface area contributed by atoms with Crippen molar-refractivity contribution in [2.45, 2.75) is 18.0 Å². The molecule has 3 aromatic rings. The Hall–Kier alpha value is -2.92. The Bertz CT molecular complexity index is 1100. The monoisotopic (exact) mass is 472 g/mol. The lowest BCUT2D eigenvalue weighted by atomic mass is 10.2. The zero-order chi connectivity index (χ0) is 22.5. The minimum Gasteiger partial charge on any atom is -0.497 e. The average Bonchev–Trinajstić information content (AvgIpc) is 3.14. The number of ether oxygens (including phenoxy) is 1. The molecule has 164 valence electrons. The molecule has 0 atom stereocenters. The molecular weight excluding hydrogens is 457 g/mol. The van der Waals surface area contributed by atoms with Gasteiger partial charge >= 0.3 is 6.01 Å². The van der Waals surface area contributed by atoms with Crippen LogP contribution in [0, 0.1) is 17.5 Å². The van der Waals surface area contributed by atoms with Gasteiger partial charge < -0.3 is 19.8 Å². The van der Waals surface area contributed by atoms with Gasteiger partial charge in [-0.1, -0.05) is 22.8 Å². The zero-order valence-corrected chi connectivity index (χ0v) is 17.6. The predicted molar refractivity (Wildman–Crippen MR) is 108 cm³/mol. The highest BCUT2D eigenvalue weighted by atomic mass is 35.5. The molecule has 0 aliphatic rings. The predicted octanol–water partition coefficient (Wildman–Crippen LogP) is 4.05. The maximum absolute atomic E-state index is 14.4. The van der Waals surface area contributed by atoms with Gasteiger partial charge in [0, 0.05) is 29.1 Å². The molecule has 0 aliphatic heterocycles. The molecule has 31 heavy (non-hydrogen) atoms. The molecule has 2 N–H and O–H groups in total. The van der Waals surface area contributed by atoms with Gasteiger partial charge in [-0.25, -0.2) is 13.2 Å². The smallest absolute Gasteiger partial charge is 0.312 e. The number of nitrogens with zero attached hydrogens (tertiary/aromatic N) is 3. The quantitative estimate of drug-likeness (QED) is 0.390. The number of nitrogens with two attached hydrogens (primary N) is 1. The summed E-state index contributed by atoms with van der Waals surface area (Å²) in [6, 6.07) is 5.70. The molecule has 1 aromatic heterocycles. The lowest BCUT2D eigenvalue weighted by Crippen LogP contribution is -2.32. The highest BCUT2D eigenvalue weighted by molar-refractivity contribution is 8.00. The normalized spacial score (nSPS) is 10.9. The zero-order valence-electron chi connectivity index (χ0n) is 16.1. The van der Waals surface area contributed by atoms with Crippen molar-refractivity contribution in [3.63, 3.8) is 0 Å². The second kappa shape index (κ2) is 9.92. The Balaban J connectivity index is 1.79. The number of aromatic nitrogens is 2. The number of anilines is 1. The van der Waals surface area contributed by atoms with Crippen LogP contribution in [0.25, 0.3) is 0 Å².